The van der Waals surface area contributed by atoms with E-state index in [1.54, 1.807) is 16.9 Å². The Morgan fingerprint density at radius 3 is 2.82 bits per heavy atom. The molecular formula is C24H25N5O3S. The Morgan fingerprint density at radius 2 is 1.97 bits per heavy atom. The minimum atomic E-state index is -0.275. The summed E-state index contributed by atoms with van der Waals surface area (Å²) in [5.41, 5.74) is 2.31. The van der Waals surface area contributed by atoms with Crippen LogP contribution in [0.4, 0.5) is 5.13 Å². The Bertz CT molecular complexity index is 1220. The van der Waals surface area contributed by atoms with Crippen LogP contribution in [0.2, 0.25) is 0 Å². The molecule has 1 aliphatic rings. The van der Waals surface area contributed by atoms with Gasteiger partial charge in [0, 0.05) is 25.8 Å². The SMILES string of the molecule is O=C(Nc1nc2ccc(OCCN3CCOCC3)cc2s1)c1ccn(Cc2ccccc2)n1. The molecule has 0 aliphatic carbocycles. The Morgan fingerprint density at radius 1 is 1.12 bits per heavy atom. The number of ether oxygens (including phenoxy) is 2. The summed E-state index contributed by atoms with van der Waals surface area (Å²) >= 11 is 1.42. The molecule has 1 aliphatic heterocycles. The summed E-state index contributed by atoms with van der Waals surface area (Å²) in [5.74, 6) is 0.528. The van der Waals surface area contributed by atoms with Crippen molar-refractivity contribution in [3.05, 3.63) is 72.1 Å². The lowest BCUT2D eigenvalue weighted by atomic mass is 10.2. The van der Waals surface area contributed by atoms with Crippen LogP contribution in [0.15, 0.2) is 60.8 Å². The van der Waals surface area contributed by atoms with Gasteiger partial charge in [-0.3, -0.25) is 19.7 Å². The topological polar surface area (TPSA) is 81.5 Å². The zero-order chi connectivity index (χ0) is 22.5. The second-order valence-electron chi connectivity index (χ2n) is 7.79. The Balaban J connectivity index is 1.18. The molecular weight excluding hydrogens is 438 g/mol. The molecule has 33 heavy (non-hydrogen) atoms. The Labute approximate surface area is 195 Å². The highest BCUT2D eigenvalue weighted by Gasteiger charge is 2.14. The molecule has 4 aromatic rings. The number of hydrogen-bond donors (Lipinski definition) is 1. The lowest BCUT2D eigenvalue weighted by Crippen LogP contribution is -2.38. The predicted octanol–water partition coefficient (Wildman–Crippen LogP) is 3.50. The molecule has 0 atom stereocenters. The summed E-state index contributed by atoms with van der Waals surface area (Å²) in [4.78, 5) is 19.5. The smallest absolute Gasteiger partial charge is 0.277 e. The first kappa shape index (κ1) is 21.6. The standard InChI is InChI=1S/C24H25N5O3S/c30-23(21-8-9-29(27-21)17-18-4-2-1-3-5-18)26-24-25-20-7-6-19(16-22(20)33-24)32-15-12-28-10-13-31-14-11-28/h1-9,16H,10-15,17H2,(H,25,26,30). The fraction of sp³-hybridized carbons (Fsp3) is 0.292. The third-order valence-electron chi connectivity index (χ3n) is 5.42. The number of carbonyl (C=O) groups is 1. The number of thiazole rings is 1. The summed E-state index contributed by atoms with van der Waals surface area (Å²) < 4.78 is 14.0. The second kappa shape index (κ2) is 10.1. The van der Waals surface area contributed by atoms with Crippen LogP contribution in [-0.2, 0) is 11.3 Å². The summed E-state index contributed by atoms with van der Waals surface area (Å²) in [6.45, 7) is 5.59. The average Bonchev–Trinajstić information content (AvgIpc) is 3.47. The molecule has 0 spiro atoms. The number of anilines is 1. The first-order chi connectivity index (χ1) is 16.2. The van der Waals surface area contributed by atoms with Crippen LogP contribution >= 0.6 is 11.3 Å². The normalized spacial score (nSPS) is 14.4. The van der Waals surface area contributed by atoms with Gasteiger partial charge in [-0.25, -0.2) is 4.98 Å². The van der Waals surface area contributed by atoms with Gasteiger partial charge in [0.2, 0.25) is 0 Å². The lowest BCUT2D eigenvalue weighted by molar-refractivity contribution is 0.0322. The van der Waals surface area contributed by atoms with E-state index in [1.807, 2.05) is 48.5 Å². The van der Waals surface area contributed by atoms with Crippen LogP contribution in [0.5, 0.6) is 5.75 Å². The predicted molar refractivity (Wildman–Crippen MR) is 128 cm³/mol. The highest BCUT2D eigenvalue weighted by atomic mass is 32.1. The van der Waals surface area contributed by atoms with Crippen molar-refractivity contribution in [1.82, 2.24) is 19.7 Å². The van der Waals surface area contributed by atoms with Gasteiger partial charge in [0.15, 0.2) is 10.8 Å². The summed E-state index contributed by atoms with van der Waals surface area (Å²) in [5, 5.41) is 7.80. The van der Waals surface area contributed by atoms with Crippen molar-refractivity contribution >= 4 is 32.6 Å². The van der Waals surface area contributed by atoms with Gasteiger partial charge in [-0.05, 0) is 29.8 Å². The van der Waals surface area contributed by atoms with E-state index in [0.717, 1.165) is 54.4 Å². The maximum Gasteiger partial charge on any atom is 0.277 e. The molecule has 0 unspecified atom stereocenters. The quantitative estimate of drug-likeness (QED) is 0.431. The van der Waals surface area contributed by atoms with Gasteiger partial charge >= 0.3 is 0 Å². The Hall–Kier alpha value is -3.27. The first-order valence-electron chi connectivity index (χ1n) is 11.0. The van der Waals surface area contributed by atoms with Crippen molar-refractivity contribution in [2.24, 2.45) is 0 Å². The number of aromatic nitrogens is 3. The van der Waals surface area contributed by atoms with Crippen molar-refractivity contribution in [2.75, 3.05) is 44.8 Å². The van der Waals surface area contributed by atoms with Crippen molar-refractivity contribution < 1.29 is 14.3 Å². The molecule has 2 aromatic carbocycles. The monoisotopic (exact) mass is 463 g/mol. The Kier molecular flexibility index (Phi) is 6.61. The minimum Gasteiger partial charge on any atom is -0.492 e. The van der Waals surface area contributed by atoms with Gasteiger partial charge in [-0.2, -0.15) is 5.10 Å². The number of fused-ring (bicyclic) bond motifs is 1. The summed E-state index contributed by atoms with van der Waals surface area (Å²) in [6.07, 6.45) is 1.81. The maximum atomic E-state index is 12.7. The van der Waals surface area contributed by atoms with Gasteiger partial charge in [0.25, 0.3) is 5.91 Å². The van der Waals surface area contributed by atoms with Crippen LogP contribution in [-0.4, -0.2) is 65.0 Å². The van der Waals surface area contributed by atoms with Crippen molar-refractivity contribution in [3.8, 4) is 5.75 Å². The van der Waals surface area contributed by atoms with Gasteiger partial charge in [-0.1, -0.05) is 41.7 Å². The van der Waals surface area contributed by atoms with E-state index in [2.05, 4.69) is 20.3 Å². The van der Waals surface area contributed by atoms with Gasteiger partial charge < -0.3 is 9.47 Å². The van der Waals surface area contributed by atoms with E-state index in [1.165, 1.54) is 11.3 Å². The van der Waals surface area contributed by atoms with Crippen LogP contribution in [0, 0.1) is 0 Å². The molecule has 9 heteroatoms. The highest BCUT2D eigenvalue weighted by molar-refractivity contribution is 7.22. The average molecular weight is 464 g/mol. The van der Waals surface area contributed by atoms with Crippen molar-refractivity contribution in [1.29, 1.82) is 0 Å². The molecule has 1 fully saturated rings. The van der Waals surface area contributed by atoms with E-state index < -0.39 is 0 Å². The fourth-order valence-electron chi connectivity index (χ4n) is 3.67. The van der Waals surface area contributed by atoms with Crippen LogP contribution in [0.25, 0.3) is 10.2 Å². The molecule has 0 bridgehead atoms. The number of benzene rings is 2. The van der Waals surface area contributed by atoms with Crippen LogP contribution < -0.4 is 10.1 Å². The molecule has 1 saturated heterocycles. The molecule has 1 N–H and O–H groups in total. The lowest BCUT2D eigenvalue weighted by Gasteiger charge is -2.26. The fourth-order valence-corrected chi connectivity index (χ4v) is 4.56. The first-order valence-corrected chi connectivity index (χ1v) is 11.8. The number of nitrogens with zero attached hydrogens (tertiary/aromatic N) is 4. The number of rotatable bonds is 8. The largest absolute Gasteiger partial charge is 0.492 e. The van der Waals surface area contributed by atoms with Crippen molar-refractivity contribution in [3.63, 3.8) is 0 Å². The molecule has 8 nitrogen and oxygen atoms in total. The third-order valence-corrected chi connectivity index (χ3v) is 6.35. The van der Waals surface area contributed by atoms with E-state index in [0.29, 0.717) is 24.0 Å². The second-order valence-corrected chi connectivity index (χ2v) is 8.82. The number of carbonyl (C=O) groups excluding carboxylic acids is 1. The van der Waals surface area contributed by atoms with Gasteiger partial charge in [-0.15, -0.1) is 0 Å². The molecule has 1 amide bonds. The van der Waals surface area contributed by atoms with Crippen LogP contribution in [0.1, 0.15) is 16.1 Å². The molecule has 0 radical (unpaired) electrons. The third kappa shape index (κ3) is 5.57. The van der Waals surface area contributed by atoms with Crippen molar-refractivity contribution in [2.45, 2.75) is 6.54 Å². The van der Waals surface area contributed by atoms with Gasteiger partial charge in [0.05, 0.1) is 30.0 Å². The zero-order valence-electron chi connectivity index (χ0n) is 18.1. The number of nitrogens with one attached hydrogen (secondary N) is 1. The number of amides is 1. The zero-order valence-corrected chi connectivity index (χ0v) is 19.0. The van der Waals surface area contributed by atoms with E-state index in [-0.39, 0.29) is 5.91 Å². The molecule has 170 valence electrons. The summed E-state index contributed by atoms with van der Waals surface area (Å²) in [7, 11) is 0. The van der Waals surface area contributed by atoms with Gasteiger partial charge in [0.1, 0.15) is 12.4 Å². The minimum absolute atomic E-state index is 0.275. The molecule has 3 heterocycles. The van der Waals surface area contributed by atoms with E-state index >= 15 is 0 Å². The van der Waals surface area contributed by atoms with E-state index in [9.17, 15) is 4.79 Å². The molecule has 2 aromatic heterocycles. The number of morpholine rings is 1. The van der Waals surface area contributed by atoms with Crippen LogP contribution in [0.3, 0.4) is 0 Å². The highest BCUT2D eigenvalue weighted by Crippen LogP contribution is 2.29. The number of hydrogen-bond acceptors (Lipinski definition) is 7. The summed E-state index contributed by atoms with van der Waals surface area (Å²) in [6, 6.07) is 17.5. The van der Waals surface area contributed by atoms with E-state index in [4.69, 9.17) is 9.47 Å². The maximum absolute atomic E-state index is 12.7. The molecule has 0 saturated carbocycles. The molecule has 5 rings (SSSR count).